The Bertz CT molecular complexity index is 1270. The summed E-state index contributed by atoms with van der Waals surface area (Å²) in [5.41, 5.74) is 0. The summed E-state index contributed by atoms with van der Waals surface area (Å²) >= 11 is 0. The Morgan fingerprint density at radius 1 is 0.348 bits per heavy atom. The molecule has 0 aliphatic rings. The molecule has 0 saturated carbocycles. The molecule has 378 valence electrons. The van der Waals surface area contributed by atoms with Crippen molar-refractivity contribution >= 4 is 11.9 Å². The van der Waals surface area contributed by atoms with Gasteiger partial charge in [-0.2, -0.15) is 0 Å². The number of esters is 2. The van der Waals surface area contributed by atoms with E-state index in [2.05, 4.69) is 118 Å². The molecule has 0 aromatic carbocycles. The summed E-state index contributed by atoms with van der Waals surface area (Å²) in [4.78, 5) is 25.5. The van der Waals surface area contributed by atoms with Crippen LogP contribution in [0.5, 0.6) is 0 Å². The molecule has 0 aromatic heterocycles. The molecule has 0 N–H and O–H groups in total. The fraction of sp³-hybridized carbons (Fsp3) is 0.705. The van der Waals surface area contributed by atoms with E-state index in [1.807, 2.05) is 0 Å². The summed E-state index contributed by atoms with van der Waals surface area (Å²) in [5.74, 6) is -0.435. The second-order valence-electron chi connectivity index (χ2n) is 18.1. The molecular formula is C61H104O5. The van der Waals surface area contributed by atoms with Crippen molar-refractivity contribution in [2.45, 2.75) is 258 Å². The molecule has 0 spiro atoms. The molecule has 0 aromatic rings. The Labute approximate surface area is 409 Å². The largest absolute Gasteiger partial charge is 0.462 e. The van der Waals surface area contributed by atoms with E-state index in [0.717, 1.165) is 103 Å². The smallest absolute Gasteiger partial charge is 0.306 e. The van der Waals surface area contributed by atoms with Crippen LogP contribution in [0.4, 0.5) is 0 Å². The predicted octanol–water partition coefficient (Wildman–Crippen LogP) is 19.0. The summed E-state index contributed by atoms with van der Waals surface area (Å²) < 4.78 is 17.4. The van der Waals surface area contributed by atoms with E-state index < -0.39 is 6.10 Å². The van der Waals surface area contributed by atoms with E-state index >= 15 is 0 Å². The highest BCUT2D eigenvalue weighted by Gasteiger charge is 2.17. The zero-order valence-corrected chi connectivity index (χ0v) is 43.4. The minimum Gasteiger partial charge on any atom is -0.462 e. The highest BCUT2D eigenvalue weighted by Crippen LogP contribution is 2.13. The number of allylic oxidation sites excluding steroid dienone is 16. The topological polar surface area (TPSA) is 61.8 Å². The van der Waals surface area contributed by atoms with Crippen molar-refractivity contribution < 1.29 is 23.8 Å². The van der Waals surface area contributed by atoms with E-state index in [-0.39, 0.29) is 25.2 Å². The average molecular weight is 917 g/mol. The maximum Gasteiger partial charge on any atom is 0.306 e. The van der Waals surface area contributed by atoms with Crippen LogP contribution in [-0.2, 0) is 23.8 Å². The number of rotatable bonds is 50. The Balaban J connectivity index is 4.35. The van der Waals surface area contributed by atoms with Gasteiger partial charge in [-0.05, 0) is 122 Å². The number of hydrogen-bond acceptors (Lipinski definition) is 5. The number of carbonyl (C=O) groups is 2. The quantitative estimate of drug-likeness (QED) is 0.0346. The van der Waals surface area contributed by atoms with Crippen LogP contribution in [-0.4, -0.2) is 37.9 Å². The minimum absolute atomic E-state index is 0.0632. The van der Waals surface area contributed by atoms with E-state index in [1.54, 1.807) is 0 Å². The number of unbranched alkanes of at least 4 members (excludes halogenated alkanes) is 23. The molecule has 0 aliphatic heterocycles. The van der Waals surface area contributed by atoms with Crippen LogP contribution in [0.1, 0.15) is 252 Å². The van der Waals surface area contributed by atoms with Crippen molar-refractivity contribution in [2.75, 3.05) is 19.8 Å². The van der Waals surface area contributed by atoms with Crippen LogP contribution in [0.2, 0.25) is 0 Å². The second-order valence-corrected chi connectivity index (χ2v) is 18.1. The molecule has 1 unspecified atom stereocenters. The molecule has 0 saturated heterocycles. The Kier molecular flexibility index (Phi) is 53.4. The fourth-order valence-corrected chi connectivity index (χ4v) is 7.44. The van der Waals surface area contributed by atoms with Crippen LogP contribution in [0.25, 0.3) is 0 Å². The van der Waals surface area contributed by atoms with Crippen molar-refractivity contribution in [1.82, 2.24) is 0 Å². The third-order valence-electron chi connectivity index (χ3n) is 11.6. The molecule has 0 heterocycles. The van der Waals surface area contributed by atoms with Gasteiger partial charge in [0.1, 0.15) is 6.61 Å². The molecular weight excluding hydrogens is 813 g/mol. The zero-order chi connectivity index (χ0) is 47.7. The van der Waals surface area contributed by atoms with Crippen LogP contribution in [0.15, 0.2) is 97.2 Å². The van der Waals surface area contributed by atoms with Crippen molar-refractivity contribution in [3.8, 4) is 0 Å². The maximum atomic E-state index is 12.8. The van der Waals surface area contributed by atoms with E-state index in [4.69, 9.17) is 14.2 Å². The van der Waals surface area contributed by atoms with E-state index in [1.165, 1.54) is 116 Å². The molecule has 5 heteroatoms. The summed E-state index contributed by atoms with van der Waals surface area (Å²) in [6.07, 6.45) is 75.6. The minimum atomic E-state index is -0.561. The van der Waals surface area contributed by atoms with Crippen LogP contribution in [0, 0.1) is 0 Å². The van der Waals surface area contributed by atoms with Gasteiger partial charge in [-0.1, -0.05) is 214 Å². The Morgan fingerprint density at radius 3 is 1.09 bits per heavy atom. The first-order valence-electron chi connectivity index (χ1n) is 27.8. The standard InChI is InChI=1S/C61H104O5/c1-4-7-10-13-16-19-22-25-28-30-31-32-34-36-39-42-45-48-51-54-60(62)65-58-59(57-64-56-53-50-47-44-41-38-35-29-26-23-20-17-14-11-8-5-2)66-61(63)55-52-49-46-43-40-37-33-27-24-21-18-15-12-9-6-3/h7,10,16-21,25-29,31-33,59H,4-6,8-9,11-15,22-24,30,34-58H2,1-3H3/b10-7-,19-16-,20-17-,21-18-,28-25-,29-26-,32-31-,33-27-. The summed E-state index contributed by atoms with van der Waals surface area (Å²) in [6.45, 7) is 7.62. The first-order valence-corrected chi connectivity index (χ1v) is 27.8. The van der Waals surface area contributed by atoms with Crippen LogP contribution >= 0.6 is 0 Å². The molecule has 1 atom stereocenters. The summed E-state index contributed by atoms with van der Waals surface area (Å²) in [6, 6.07) is 0. The van der Waals surface area contributed by atoms with Gasteiger partial charge in [0.2, 0.25) is 0 Å². The van der Waals surface area contributed by atoms with Gasteiger partial charge in [-0.25, -0.2) is 0 Å². The van der Waals surface area contributed by atoms with E-state index in [9.17, 15) is 9.59 Å². The highest BCUT2D eigenvalue weighted by molar-refractivity contribution is 5.70. The Hall–Kier alpha value is -3.18. The molecule has 66 heavy (non-hydrogen) atoms. The number of hydrogen-bond donors (Lipinski definition) is 0. The number of ether oxygens (including phenoxy) is 3. The van der Waals surface area contributed by atoms with Gasteiger partial charge in [0.25, 0.3) is 0 Å². The van der Waals surface area contributed by atoms with Gasteiger partial charge in [-0.15, -0.1) is 0 Å². The molecule has 0 rings (SSSR count). The van der Waals surface area contributed by atoms with Gasteiger partial charge >= 0.3 is 11.9 Å². The van der Waals surface area contributed by atoms with Crippen LogP contribution in [0.3, 0.4) is 0 Å². The van der Waals surface area contributed by atoms with Gasteiger partial charge in [-0.3, -0.25) is 9.59 Å². The van der Waals surface area contributed by atoms with Gasteiger partial charge in [0.05, 0.1) is 6.61 Å². The normalized spacial score (nSPS) is 13.0. The lowest BCUT2D eigenvalue weighted by atomic mass is 10.1. The fourth-order valence-electron chi connectivity index (χ4n) is 7.44. The predicted molar refractivity (Wildman–Crippen MR) is 288 cm³/mol. The molecule has 0 bridgehead atoms. The van der Waals surface area contributed by atoms with Crippen molar-refractivity contribution in [2.24, 2.45) is 0 Å². The van der Waals surface area contributed by atoms with E-state index in [0.29, 0.717) is 19.4 Å². The lowest BCUT2D eigenvalue weighted by Crippen LogP contribution is -2.30. The molecule has 0 amide bonds. The third kappa shape index (κ3) is 53.4. The second kappa shape index (κ2) is 56.1. The van der Waals surface area contributed by atoms with Gasteiger partial charge in [0, 0.05) is 19.4 Å². The molecule has 5 nitrogen and oxygen atoms in total. The first kappa shape index (κ1) is 62.8. The lowest BCUT2D eigenvalue weighted by Gasteiger charge is -2.18. The monoisotopic (exact) mass is 917 g/mol. The highest BCUT2D eigenvalue weighted by atomic mass is 16.6. The number of carbonyl (C=O) groups excluding carboxylic acids is 2. The average Bonchev–Trinajstić information content (AvgIpc) is 3.32. The molecule has 0 aliphatic carbocycles. The van der Waals surface area contributed by atoms with Gasteiger partial charge in [0.15, 0.2) is 6.10 Å². The lowest BCUT2D eigenvalue weighted by molar-refractivity contribution is -0.163. The summed E-state index contributed by atoms with van der Waals surface area (Å²) in [5, 5.41) is 0. The summed E-state index contributed by atoms with van der Waals surface area (Å²) in [7, 11) is 0. The third-order valence-corrected chi connectivity index (χ3v) is 11.6. The molecule has 0 fully saturated rings. The van der Waals surface area contributed by atoms with Crippen LogP contribution < -0.4 is 0 Å². The zero-order valence-electron chi connectivity index (χ0n) is 43.4. The van der Waals surface area contributed by atoms with Crippen molar-refractivity contribution in [3.05, 3.63) is 97.2 Å². The van der Waals surface area contributed by atoms with Gasteiger partial charge < -0.3 is 14.2 Å². The maximum absolute atomic E-state index is 12.8. The molecule has 0 radical (unpaired) electrons. The van der Waals surface area contributed by atoms with Crippen molar-refractivity contribution in [1.29, 1.82) is 0 Å². The Morgan fingerprint density at radius 2 is 0.682 bits per heavy atom. The van der Waals surface area contributed by atoms with Crippen molar-refractivity contribution in [3.63, 3.8) is 0 Å². The SMILES string of the molecule is CC/C=C\C/C=C\C/C=C\C/C=C\CCCCCCCCC(=O)OCC(COCCCCCCCC/C=C\C/C=C\CCCCC)OC(=O)CCCCCCC/C=C\C/C=C\CCCCC. The first-order chi connectivity index (χ1) is 32.6.